The standard InChI is InChI=1S/C18H32N2S/c1-5-10-19-16(11-17-20-15(4)13-21-17)18(12-14(2)3)8-6-7-9-18/h13-14,16,19H,5-12H2,1-4H3. The first-order chi connectivity index (χ1) is 10.1. The molecule has 1 N–H and O–H groups in total. The van der Waals surface area contributed by atoms with Crippen LogP contribution in [0.3, 0.4) is 0 Å². The minimum Gasteiger partial charge on any atom is -0.313 e. The minimum atomic E-state index is 0.503. The van der Waals surface area contributed by atoms with Gasteiger partial charge in [0.1, 0.15) is 0 Å². The average molecular weight is 309 g/mol. The highest BCUT2D eigenvalue weighted by atomic mass is 32.1. The molecule has 1 saturated carbocycles. The van der Waals surface area contributed by atoms with E-state index in [9.17, 15) is 0 Å². The van der Waals surface area contributed by atoms with Crippen molar-refractivity contribution in [3.63, 3.8) is 0 Å². The molecule has 0 aromatic carbocycles. The van der Waals surface area contributed by atoms with E-state index in [-0.39, 0.29) is 0 Å². The summed E-state index contributed by atoms with van der Waals surface area (Å²) >= 11 is 1.84. The highest BCUT2D eigenvalue weighted by Gasteiger charge is 2.41. The molecule has 1 aromatic heterocycles. The highest BCUT2D eigenvalue weighted by molar-refractivity contribution is 7.09. The van der Waals surface area contributed by atoms with Crippen LogP contribution >= 0.6 is 11.3 Å². The Morgan fingerprint density at radius 1 is 1.33 bits per heavy atom. The van der Waals surface area contributed by atoms with Crippen molar-refractivity contribution < 1.29 is 0 Å². The summed E-state index contributed by atoms with van der Waals surface area (Å²) in [5.74, 6) is 0.784. The van der Waals surface area contributed by atoms with E-state index in [0.717, 1.165) is 18.9 Å². The normalized spacial score (nSPS) is 19.3. The van der Waals surface area contributed by atoms with E-state index in [1.807, 2.05) is 11.3 Å². The van der Waals surface area contributed by atoms with Crippen molar-refractivity contribution in [2.45, 2.75) is 78.7 Å². The molecule has 21 heavy (non-hydrogen) atoms. The van der Waals surface area contributed by atoms with Crippen LogP contribution in [-0.2, 0) is 6.42 Å². The van der Waals surface area contributed by atoms with Gasteiger partial charge in [0.05, 0.1) is 5.01 Å². The number of rotatable bonds is 8. The molecule has 0 spiro atoms. The average Bonchev–Trinajstić information content (AvgIpc) is 3.04. The Morgan fingerprint density at radius 3 is 2.57 bits per heavy atom. The number of nitrogens with one attached hydrogen (secondary N) is 1. The van der Waals surface area contributed by atoms with E-state index in [2.05, 4.69) is 38.4 Å². The van der Waals surface area contributed by atoms with Crippen LogP contribution in [0.25, 0.3) is 0 Å². The largest absolute Gasteiger partial charge is 0.313 e. The van der Waals surface area contributed by atoms with Gasteiger partial charge in [-0.05, 0) is 50.5 Å². The first-order valence-electron chi connectivity index (χ1n) is 8.70. The van der Waals surface area contributed by atoms with Crippen LogP contribution in [0.4, 0.5) is 0 Å². The first-order valence-corrected chi connectivity index (χ1v) is 9.58. The molecule has 1 aromatic rings. The smallest absolute Gasteiger partial charge is 0.0943 e. The second-order valence-electron chi connectivity index (χ2n) is 7.26. The maximum Gasteiger partial charge on any atom is 0.0943 e. The molecule has 2 rings (SSSR count). The molecule has 1 aliphatic rings. The van der Waals surface area contributed by atoms with E-state index in [0.29, 0.717) is 11.5 Å². The van der Waals surface area contributed by atoms with Crippen LogP contribution in [0.5, 0.6) is 0 Å². The molecule has 3 heteroatoms. The van der Waals surface area contributed by atoms with Gasteiger partial charge in [-0.25, -0.2) is 4.98 Å². The SMILES string of the molecule is CCCNC(Cc1nc(C)cs1)C1(CC(C)C)CCCC1. The van der Waals surface area contributed by atoms with Crippen LogP contribution in [-0.4, -0.2) is 17.6 Å². The summed E-state index contributed by atoms with van der Waals surface area (Å²) in [4.78, 5) is 4.72. The van der Waals surface area contributed by atoms with Crippen LogP contribution < -0.4 is 5.32 Å². The van der Waals surface area contributed by atoms with Gasteiger partial charge in [0.15, 0.2) is 0 Å². The molecule has 2 nitrogen and oxygen atoms in total. The monoisotopic (exact) mass is 308 g/mol. The molecule has 1 unspecified atom stereocenters. The molecule has 0 amide bonds. The summed E-state index contributed by atoms with van der Waals surface area (Å²) in [6.45, 7) is 10.3. The zero-order valence-corrected chi connectivity index (χ0v) is 15.1. The predicted octanol–water partition coefficient (Wildman–Crippen LogP) is 4.97. The zero-order valence-electron chi connectivity index (χ0n) is 14.2. The molecule has 0 saturated heterocycles. The minimum absolute atomic E-state index is 0.503. The lowest BCUT2D eigenvalue weighted by molar-refractivity contribution is 0.154. The van der Waals surface area contributed by atoms with Gasteiger partial charge in [-0.15, -0.1) is 11.3 Å². The summed E-state index contributed by atoms with van der Waals surface area (Å²) in [5, 5.41) is 7.39. The van der Waals surface area contributed by atoms with Gasteiger partial charge in [-0.2, -0.15) is 0 Å². The van der Waals surface area contributed by atoms with Gasteiger partial charge in [-0.1, -0.05) is 33.6 Å². The number of nitrogens with zero attached hydrogens (tertiary/aromatic N) is 1. The Hall–Kier alpha value is -0.410. The third-order valence-corrected chi connectivity index (χ3v) is 5.83. The first kappa shape index (κ1) is 17.0. The van der Waals surface area contributed by atoms with Crippen LogP contribution in [0.1, 0.15) is 70.0 Å². The van der Waals surface area contributed by atoms with Crippen LogP contribution in [0, 0.1) is 18.3 Å². The van der Waals surface area contributed by atoms with Crippen molar-refractivity contribution in [1.29, 1.82) is 0 Å². The molecule has 120 valence electrons. The van der Waals surface area contributed by atoms with Gasteiger partial charge >= 0.3 is 0 Å². The number of aryl methyl sites for hydroxylation is 1. The lowest BCUT2D eigenvalue weighted by Gasteiger charge is -2.39. The van der Waals surface area contributed by atoms with Crippen molar-refractivity contribution in [1.82, 2.24) is 10.3 Å². The molecule has 0 radical (unpaired) electrons. The highest BCUT2D eigenvalue weighted by Crippen LogP contribution is 2.46. The molecule has 0 bridgehead atoms. The van der Waals surface area contributed by atoms with Gasteiger partial charge < -0.3 is 5.32 Å². The van der Waals surface area contributed by atoms with Crippen molar-refractivity contribution in [3.8, 4) is 0 Å². The fraction of sp³-hybridized carbons (Fsp3) is 0.833. The second-order valence-corrected chi connectivity index (χ2v) is 8.20. The van der Waals surface area contributed by atoms with Gasteiger partial charge in [-0.3, -0.25) is 0 Å². The Morgan fingerprint density at radius 2 is 2.05 bits per heavy atom. The molecular weight excluding hydrogens is 276 g/mol. The van der Waals surface area contributed by atoms with Gasteiger partial charge in [0.2, 0.25) is 0 Å². The fourth-order valence-electron chi connectivity index (χ4n) is 4.08. The molecule has 1 atom stereocenters. The van der Waals surface area contributed by atoms with E-state index in [1.165, 1.54) is 49.2 Å². The fourth-order valence-corrected chi connectivity index (χ4v) is 4.90. The third kappa shape index (κ3) is 4.53. The summed E-state index contributed by atoms with van der Waals surface area (Å²) in [6.07, 6.45) is 9.31. The number of thiazole rings is 1. The van der Waals surface area contributed by atoms with Crippen LogP contribution in [0.15, 0.2) is 5.38 Å². The second kappa shape index (κ2) is 7.73. The summed E-state index contributed by atoms with van der Waals surface area (Å²) in [5.41, 5.74) is 1.68. The van der Waals surface area contributed by atoms with E-state index in [1.54, 1.807) is 0 Å². The van der Waals surface area contributed by atoms with E-state index >= 15 is 0 Å². The Balaban J connectivity index is 2.15. The zero-order chi connectivity index (χ0) is 15.3. The quantitative estimate of drug-likeness (QED) is 0.733. The third-order valence-electron chi connectivity index (χ3n) is 4.84. The molecule has 1 fully saturated rings. The maximum absolute atomic E-state index is 4.72. The summed E-state index contributed by atoms with van der Waals surface area (Å²) in [6, 6.07) is 0.605. The van der Waals surface area contributed by atoms with Gasteiger partial charge in [0, 0.05) is 23.5 Å². The predicted molar refractivity (Wildman–Crippen MR) is 93.0 cm³/mol. The van der Waals surface area contributed by atoms with Gasteiger partial charge in [0.25, 0.3) is 0 Å². The van der Waals surface area contributed by atoms with Crippen molar-refractivity contribution in [2.24, 2.45) is 11.3 Å². The molecule has 1 heterocycles. The van der Waals surface area contributed by atoms with Crippen LogP contribution in [0.2, 0.25) is 0 Å². The lowest BCUT2D eigenvalue weighted by Crippen LogP contribution is -2.46. The summed E-state index contributed by atoms with van der Waals surface area (Å²) < 4.78 is 0. The maximum atomic E-state index is 4.72. The molecule has 1 aliphatic carbocycles. The number of aromatic nitrogens is 1. The van der Waals surface area contributed by atoms with Crippen molar-refractivity contribution in [2.75, 3.05) is 6.54 Å². The van der Waals surface area contributed by atoms with E-state index < -0.39 is 0 Å². The van der Waals surface area contributed by atoms with Crippen molar-refractivity contribution >= 4 is 11.3 Å². The number of hydrogen-bond donors (Lipinski definition) is 1. The Kier molecular flexibility index (Phi) is 6.24. The Labute approximate surface area is 134 Å². The Bertz CT molecular complexity index is 419. The van der Waals surface area contributed by atoms with Crippen molar-refractivity contribution in [3.05, 3.63) is 16.1 Å². The molecule has 0 aliphatic heterocycles. The topological polar surface area (TPSA) is 24.9 Å². The summed E-state index contributed by atoms with van der Waals surface area (Å²) in [7, 11) is 0. The lowest BCUT2D eigenvalue weighted by atomic mass is 9.71. The number of hydrogen-bond acceptors (Lipinski definition) is 3. The molecular formula is C18H32N2S. The van der Waals surface area contributed by atoms with E-state index in [4.69, 9.17) is 4.98 Å².